The zero-order valence-electron chi connectivity index (χ0n) is 86.5. The number of amides is 2. The van der Waals surface area contributed by atoms with Gasteiger partial charge in [0, 0.05) is 13.8 Å². The number of nitrogens with one attached hydrogen (secondary N) is 2. The average molecular weight is 2130 g/mol. The highest BCUT2D eigenvalue weighted by molar-refractivity contribution is 7.55. The Labute approximate surface area is 819 Å². The van der Waals surface area contributed by atoms with Gasteiger partial charge in [-0.05, 0) is 145 Å². The maximum atomic E-state index is 12.5. The number of ether oxygens (including phenoxy) is 17. The Morgan fingerprint density at radius 3 is 0.799 bits per heavy atom. The summed E-state index contributed by atoms with van der Waals surface area (Å²) in [4.78, 5) is 73.2. The highest BCUT2D eigenvalue weighted by Gasteiger charge is 2.55. The molecule has 2 amide bonds. The van der Waals surface area contributed by atoms with Crippen LogP contribution in [0.5, 0.6) is 0 Å². The van der Waals surface area contributed by atoms with Crippen LogP contribution >= 0.6 is 38.0 Å². The molecule has 0 aromatic heterocycles. The number of rotatable bonds is 46. The van der Waals surface area contributed by atoms with Gasteiger partial charge >= 0.3 is 38.0 Å². The monoisotopic (exact) mass is 2130 g/mol. The van der Waals surface area contributed by atoms with Crippen molar-refractivity contribution in [2.75, 3.05) is 126 Å². The van der Waals surface area contributed by atoms with Crippen molar-refractivity contribution >= 4 is 49.8 Å². The maximum Gasteiger partial charge on any atom is 0.333 e. The molecule has 0 bridgehead atoms. The van der Waals surface area contributed by atoms with Crippen LogP contribution in [-0.4, -0.2) is 427 Å². The minimum atomic E-state index is -4.09. The lowest BCUT2D eigenvalue weighted by Gasteiger charge is -2.44. The first kappa shape index (κ1) is 135. The van der Waals surface area contributed by atoms with Crippen molar-refractivity contribution in [2.24, 2.45) is 11.5 Å². The minimum absolute atomic E-state index is 0.0843. The van der Waals surface area contributed by atoms with E-state index in [4.69, 9.17) is 115 Å². The number of aliphatic hydroxyl groups excluding tert-OH is 11. The summed E-state index contributed by atoms with van der Waals surface area (Å²) in [5, 5.41) is 113. The Kier molecular flexibility index (Phi) is 59.0. The lowest BCUT2D eigenvalue weighted by molar-refractivity contribution is -0.299. The van der Waals surface area contributed by atoms with E-state index in [0.717, 1.165) is 0 Å². The predicted molar refractivity (Wildman–Crippen MR) is 504 cm³/mol. The van der Waals surface area contributed by atoms with Gasteiger partial charge in [-0.3, -0.25) is 36.9 Å². The summed E-state index contributed by atoms with van der Waals surface area (Å²) in [6, 6.07) is -3.82. The van der Waals surface area contributed by atoms with E-state index in [2.05, 4.69) is 10.6 Å². The van der Waals surface area contributed by atoms with Gasteiger partial charge in [0.05, 0.1) is 193 Å². The van der Waals surface area contributed by atoms with E-state index in [0.29, 0.717) is 6.61 Å². The molecule has 5 aliphatic heterocycles. The first-order valence-electron chi connectivity index (χ1n) is 46.3. The van der Waals surface area contributed by atoms with Gasteiger partial charge in [-0.1, -0.05) is 41.5 Å². The molecule has 139 heavy (non-hydrogen) atoms. The van der Waals surface area contributed by atoms with Crippen LogP contribution in [0.2, 0.25) is 0 Å². The molecule has 0 aromatic carbocycles. The summed E-state index contributed by atoms with van der Waals surface area (Å²) in [6.45, 7) is 48.4. The average Bonchev–Trinajstić information content (AvgIpc) is 0.787. The third kappa shape index (κ3) is 49.4. The van der Waals surface area contributed by atoms with Crippen molar-refractivity contribution in [2.45, 2.75) is 409 Å². The van der Waals surface area contributed by atoms with Gasteiger partial charge < -0.3 is 201 Å². The first-order valence-corrected chi connectivity index (χ1v) is 54.4. The zero-order valence-corrected chi connectivity index (χ0v) is 91.0. The molecule has 0 radical (unpaired) electrons. The second-order valence-electron chi connectivity index (χ2n) is 41.2. The summed E-state index contributed by atoms with van der Waals surface area (Å²) in [5.41, 5.74) is 8.40. The van der Waals surface area contributed by atoms with Crippen LogP contribution in [0.25, 0.3) is 0 Å². The molecule has 5 fully saturated rings. The minimum Gasteiger partial charge on any atom is -0.394 e. The Morgan fingerprint density at radius 2 is 0.532 bits per heavy atom. The smallest absolute Gasteiger partial charge is 0.333 e. The van der Waals surface area contributed by atoms with E-state index < -0.39 is 263 Å². The molecular formula is C85H175N4O45P5. The van der Waals surface area contributed by atoms with Crippen LogP contribution in [0.15, 0.2) is 0 Å². The van der Waals surface area contributed by atoms with E-state index in [9.17, 15) is 113 Å². The summed E-state index contributed by atoms with van der Waals surface area (Å²) in [5.74, 6) is -0.794. The molecule has 5 aliphatic rings. The second-order valence-corrected chi connectivity index (χ2v) is 53.6. The molecule has 830 valence electrons. The first-order chi connectivity index (χ1) is 63.3. The van der Waals surface area contributed by atoms with Gasteiger partial charge in [0.15, 0.2) is 31.5 Å². The standard InChI is InChI=1S/C20H40NO10P.C19H38NO10P.C16H34NO8P.C15H32NO8P.C15H31O9P/c1-13(23)21-15-17(27-9-11-30-32(25,26)20(5,6)7)16(24)14(12-22)31-18(15)28-8-10-29-19(2,3)4;1-12(2)31(24,25)29-10-8-26-17-15(20-13(3)22)18(30-14(11-21)16(17)23)27-7-9-28-19(4,5)6;1-15(2,3)23-8-7-22-14-11(17)13(12(19)10(9-18)24-14)25-26(20,21)16(4,5)6;1-9(2)25(19,20)24-13-11(16)14(23-10(8-17)12(13)18)21-6-7-22-15(3,4)5;1-9(2)25(19,20)24-13-11(17)10(8-16)23-14(12(13)18)21-6-7-22-15(3,4)5/h14-18,22,24H,8-12H2,1-7H3,(H,21,23)(H,25,26);12,14-18,21,23H,7-11H2,1-6H3,(H,20,22)(H,24,25);10-14,18-19H,7-9,17H2,1-6H3,(H,20,21);9-14,17-18H,6-8,16H2,1-5H3,(H,19,20);9-14,16-18H,6-8H2,1-5H3,(H,19,20). The maximum absolute atomic E-state index is 12.5. The lowest BCUT2D eigenvalue weighted by Crippen LogP contribution is -2.65. The van der Waals surface area contributed by atoms with Gasteiger partial charge in [0.2, 0.25) is 11.8 Å². The Hall–Kier alpha value is -1.51. The number of hydrogen-bond donors (Lipinski definition) is 20. The van der Waals surface area contributed by atoms with Gasteiger partial charge in [-0.2, -0.15) is 0 Å². The van der Waals surface area contributed by atoms with Crippen LogP contribution in [0.1, 0.15) is 201 Å². The highest BCUT2D eigenvalue weighted by atomic mass is 31.2. The van der Waals surface area contributed by atoms with Crippen molar-refractivity contribution in [3.05, 3.63) is 0 Å². The van der Waals surface area contributed by atoms with Crippen LogP contribution in [0, 0.1) is 0 Å². The van der Waals surface area contributed by atoms with Crippen molar-refractivity contribution < 1.29 is 216 Å². The van der Waals surface area contributed by atoms with Crippen molar-refractivity contribution in [1.29, 1.82) is 0 Å². The molecule has 30 unspecified atom stereocenters. The summed E-state index contributed by atoms with van der Waals surface area (Å²) < 4.78 is 181. The topological polar surface area (TPSA) is 722 Å². The Bertz CT molecular complexity index is 3610. The van der Waals surface area contributed by atoms with E-state index in [-0.39, 0.29) is 114 Å². The fourth-order valence-electron chi connectivity index (χ4n) is 12.2. The largest absolute Gasteiger partial charge is 0.394 e. The van der Waals surface area contributed by atoms with Gasteiger partial charge in [-0.25, -0.2) is 0 Å². The lowest BCUT2D eigenvalue weighted by atomic mass is 9.96. The van der Waals surface area contributed by atoms with Crippen LogP contribution in [-0.2, 0) is 136 Å². The predicted octanol–water partition coefficient (Wildman–Crippen LogP) is 2.21. The number of hydrogen-bond acceptors (Lipinski definition) is 42. The van der Waals surface area contributed by atoms with E-state index >= 15 is 0 Å². The molecule has 0 spiro atoms. The normalized spacial score (nSPS) is 31.3. The molecule has 0 saturated carbocycles. The molecule has 0 aromatic rings. The molecule has 5 heterocycles. The number of carbonyl (C=O) groups is 2. The SMILES string of the molecule is CC(=O)NC1C(OCCOC(C)(C)C)OC(CO)C(O)C1OCCOP(=O)(O)C(C)(C)C.CC(=O)NC1C(OCCOC(C)(C)C)OC(CO)C(O)C1OCCOP(=O)(O)C(C)C.CC(C)(C)OCCOC1OC(CO)C(O)C(OP(=O)(O)C(C)(C)C)C1N.CC(C)P(=O)(O)OC1C(N)C(OCCOC(C)(C)C)OC(CO)C1O.CC(C)P(=O)(O)OC1C(O)C(CO)OC(OCCOC(C)(C)C)C1O. The molecular weight excluding hydrogens is 1950 g/mol. The van der Waals surface area contributed by atoms with E-state index in [1.54, 1.807) is 55.4 Å². The third-order valence-electron chi connectivity index (χ3n) is 20.4. The van der Waals surface area contributed by atoms with E-state index in [1.165, 1.54) is 41.5 Å². The van der Waals surface area contributed by atoms with Crippen molar-refractivity contribution in [1.82, 2.24) is 10.6 Å². The summed E-state index contributed by atoms with van der Waals surface area (Å²) >= 11 is 0. The fourth-order valence-corrected chi connectivity index (χ4v) is 16.1. The fraction of sp³-hybridized carbons (Fsp3) is 0.976. The Balaban J connectivity index is 0.000000872. The van der Waals surface area contributed by atoms with Gasteiger partial charge in [0.25, 0.3) is 0 Å². The molecule has 49 nitrogen and oxygen atoms in total. The molecule has 0 aliphatic carbocycles. The quantitative estimate of drug-likeness (QED) is 0.0307. The molecule has 30 atom stereocenters. The summed E-state index contributed by atoms with van der Waals surface area (Å²) in [7, 11) is -19.8. The molecule has 5 saturated heterocycles. The summed E-state index contributed by atoms with van der Waals surface area (Å²) in [6.07, 6.45) is -24.7. The van der Waals surface area contributed by atoms with Crippen LogP contribution in [0.3, 0.4) is 0 Å². The van der Waals surface area contributed by atoms with Crippen molar-refractivity contribution in [3.8, 4) is 0 Å². The molecule has 54 heteroatoms. The number of aliphatic hydroxyl groups is 11. The third-order valence-corrected chi connectivity index (χ3v) is 30.4. The van der Waals surface area contributed by atoms with Gasteiger partial charge in [0.1, 0.15) is 110 Å². The Morgan fingerprint density at radius 1 is 0.302 bits per heavy atom. The molecule has 5 rings (SSSR count). The zero-order chi connectivity index (χ0) is 108. The number of nitrogens with two attached hydrogens (primary N) is 2. The molecule has 22 N–H and O–H groups in total. The van der Waals surface area contributed by atoms with Crippen LogP contribution in [0.4, 0.5) is 0 Å². The van der Waals surface area contributed by atoms with Gasteiger partial charge in [-0.15, -0.1) is 0 Å². The van der Waals surface area contributed by atoms with E-state index in [1.807, 2.05) is 104 Å². The number of carbonyl (C=O) groups excluding carboxylic acids is 2. The second kappa shape index (κ2) is 60.5. The van der Waals surface area contributed by atoms with Crippen LogP contribution < -0.4 is 22.1 Å². The highest BCUT2D eigenvalue weighted by Crippen LogP contribution is 2.58. The van der Waals surface area contributed by atoms with Crippen molar-refractivity contribution in [3.63, 3.8) is 0 Å².